The van der Waals surface area contributed by atoms with Crippen molar-refractivity contribution in [3.63, 3.8) is 0 Å². The van der Waals surface area contributed by atoms with Crippen LogP contribution in [0.1, 0.15) is 56.8 Å². The van der Waals surface area contributed by atoms with Crippen molar-refractivity contribution in [2.24, 2.45) is 0 Å². The average molecular weight is 210 g/mol. The molecule has 0 saturated carbocycles. The molecule has 1 N–H and O–H groups in total. The lowest BCUT2D eigenvalue weighted by Gasteiger charge is -2.21. The fourth-order valence-corrected chi connectivity index (χ4v) is 1.45. The molecule has 1 heterocycles. The van der Waals surface area contributed by atoms with E-state index >= 15 is 0 Å². The van der Waals surface area contributed by atoms with Crippen LogP contribution in [0, 0.1) is 0 Å². The van der Waals surface area contributed by atoms with Gasteiger partial charge in [-0.15, -0.1) is 0 Å². The topological polar surface area (TPSA) is 55.1 Å². The molecular weight excluding hydrogens is 192 g/mol. The summed E-state index contributed by atoms with van der Waals surface area (Å²) in [5, 5.41) is 13.0. The summed E-state index contributed by atoms with van der Waals surface area (Å²) in [6.45, 7) is 10.1. The first-order valence-electron chi connectivity index (χ1n) is 5.07. The van der Waals surface area contributed by atoms with Crippen LogP contribution in [0.4, 0.5) is 0 Å². The maximum Gasteiger partial charge on any atom is 0.356 e. The fraction of sp³-hybridized carbons (Fsp3) is 0.636. The summed E-state index contributed by atoms with van der Waals surface area (Å²) in [4.78, 5) is 10.8. The number of aromatic nitrogens is 2. The van der Waals surface area contributed by atoms with Crippen LogP contribution in [-0.2, 0) is 5.41 Å². The van der Waals surface area contributed by atoms with Crippen molar-refractivity contribution in [2.75, 3.05) is 0 Å². The van der Waals surface area contributed by atoms with Crippen LogP contribution in [-0.4, -0.2) is 20.9 Å². The molecule has 4 heteroatoms. The Bertz CT molecular complexity index is 372. The molecule has 0 aromatic carbocycles. The van der Waals surface area contributed by atoms with Gasteiger partial charge in [-0.05, 0) is 19.9 Å². The summed E-state index contributed by atoms with van der Waals surface area (Å²) in [6, 6.07) is 1.83. The summed E-state index contributed by atoms with van der Waals surface area (Å²) >= 11 is 0. The molecule has 4 nitrogen and oxygen atoms in total. The van der Waals surface area contributed by atoms with Crippen molar-refractivity contribution in [2.45, 2.75) is 46.1 Å². The minimum absolute atomic E-state index is 0.0923. The molecule has 15 heavy (non-hydrogen) atoms. The Hall–Kier alpha value is -1.32. The first-order chi connectivity index (χ1) is 6.73. The minimum atomic E-state index is -0.972. The predicted molar refractivity (Wildman–Crippen MR) is 58.3 cm³/mol. The second-order valence-electron chi connectivity index (χ2n) is 5.01. The molecule has 0 fully saturated rings. The molecule has 0 aliphatic carbocycles. The standard InChI is InChI=1S/C11H18N2O2/c1-7(2)13-9(11(3,4)5)6-8(12-13)10(14)15/h6-7H,1-5H3,(H,14,15). The van der Waals surface area contributed by atoms with Crippen molar-refractivity contribution >= 4 is 5.97 Å². The molecule has 84 valence electrons. The van der Waals surface area contributed by atoms with Crippen molar-refractivity contribution in [3.05, 3.63) is 17.5 Å². The summed E-state index contributed by atoms with van der Waals surface area (Å²) in [6.07, 6.45) is 0. The molecule has 0 atom stereocenters. The van der Waals surface area contributed by atoms with Gasteiger partial charge in [-0.3, -0.25) is 4.68 Å². The lowest BCUT2D eigenvalue weighted by atomic mass is 9.91. The van der Waals surface area contributed by atoms with Crippen molar-refractivity contribution < 1.29 is 9.90 Å². The Morgan fingerprint density at radius 1 is 1.47 bits per heavy atom. The highest BCUT2D eigenvalue weighted by Gasteiger charge is 2.23. The quantitative estimate of drug-likeness (QED) is 0.815. The maximum atomic E-state index is 10.8. The van der Waals surface area contributed by atoms with Gasteiger partial charge in [0.2, 0.25) is 0 Å². The van der Waals surface area contributed by atoms with Crippen LogP contribution in [0.25, 0.3) is 0 Å². The van der Waals surface area contributed by atoms with E-state index in [-0.39, 0.29) is 17.2 Å². The van der Waals surface area contributed by atoms with Crippen LogP contribution in [0.2, 0.25) is 0 Å². The van der Waals surface area contributed by atoms with Gasteiger partial charge in [0, 0.05) is 17.2 Å². The molecule has 0 aliphatic heterocycles. The predicted octanol–water partition coefficient (Wildman–Crippen LogP) is 2.46. The molecule has 1 aromatic heterocycles. The molecule has 1 rings (SSSR count). The number of rotatable bonds is 2. The highest BCUT2D eigenvalue weighted by Crippen LogP contribution is 2.25. The largest absolute Gasteiger partial charge is 0.476 e. The van der Waals surface area contributed by atoms with Crippen LogP contribution in [0.5, 0.6) is 0 Å². The molecule has 0 aliphatic rings. The summed E-state index contributed by atoms with van der Waals surface area (Å²) in [5.74, 6) is -0.972. The zero-order valence-electron chi connectivity index (χ0n) is 9.90. The van der Waals surface area contributed by atoms with Crippen LogP contribution >= 0.6 is 0 Å². The van der Waals surface area contributed by atoms with Gasteiger partial charge in [-0.25, -0.2) is 4.79 Å². The van der Waals surface area contributed by atoms with Crippen LogP contribution in [0.15, 0.2) is 6.07 Å². The zero-order valence-corrected chi connectivity index (χ0v) is 9.90. The molecule has 0 saturated heterocycles. The second-order valence-corrected chi connectivity index (χ2v) is 5.01. The Morgan fingerprint density at radius 3 is 2.27 bits per heavy atom. The average Bonchev–Trinajstić information content (AvgIpc) is 2.45. The summed E-state index contributed by atoms with van der Waals surface area (Å²) in [7, 11) is 0. The van der Waals surface area contributed by atoms with Gasteiger partial charge in [-0.1, -0.05) is 20.8 Å². The van der Waals surface area contributed by atoms with Gasteiger partial charge in [0.1, 0.15) is 0 Å². The van der Waals surface area contributed by atoms with E-state index in [1.807, 2.05) is 13.8 Å². The normalized spacial score (nSPS) is 12.1. The Morgan fingerprint density at radius 2 is 2.00 bits per heavy atom. The maximum absolute atomic E-state index is 10.8. The highest BCUT2D eigenvalue weighted by atomic mass is 16.4. The van der Waals surface area contributed by atoms with E-state index in [0.29, 0.717) is 0 Å². The van der Waals surface area contributed by atoms with Crippen molar-refractivity contribution in [3.8, 4) is 0 Å². The van der Waals surface area contributed by atoms with E-state index in [0.717, 1.165) is 5.69 Å². The fourth-order valence-electron chi connectivity index (χ4n) is 1.45. The van der Waals surface area contributed by atoms with E-state index in [2.05, 4.69) is 25.9 Å². The third kappa shape index (κ3) is 2.37. The molecule has 0 radical (unpaired) electrons. The molecule has 0 spiro atoms. The Kier molecular flexibility index (Phi) is 2.88. The van der Waals surface area contributed by atoms with Gasteiger partial charge < -0.3 is 5.11 Å². The van der Waals surface area contributed by atoms with Crippen molar-refractivity contribution in [1.82, 2.24) is 9.78 Å². The second kappa shape index (κ2) is 3.68. The van der Waals surface area contributed by atoms with Gasteiger partial charge in [0.15, 0.2) is 5.69 Å². The number of hydrogen-bond donors (Lipinski definition) is 1. The molecule has 1 aromatic rings. The zero-order chi connectivity index (χ0) is 11.8. The Balaban J connectivity index is 3.30. The van der Waals surface area contributed by atoms with Gasteiger partial charge in [0.05, 0.1) is 0 Å². The lowest BCUT2D eigenvalue weighted by molar-refractivity contribution is 0.0689. The lowest BCUT2D eigenvalue weighted by Crippen LogP contribution is -2.19. The van der Waals surface area contributed by atoms with Crippen molar-refractivity contribution in [1.29, 1.82) is 0 Å². The van der Waals surface area contributed by atoms with E-state index in [1.54, 1.807) is 10.7 Å². The number of carboxylic acids is 1. The van der Waals surface area contributed by atoms with Crippen LogP contribution in [0.3, 0.4) is 0 Å². The van der Waals surface area contributed by atoms with Gasteiger partial charge >= 0.3 is 5.97 Å². The van der Waals surface area contributed by atoms with E-state index in [4.69, 9.17) is 5.11 Å². The third-order valence-corrected chi connectivity index (χ3v) is 2.21. The number of nitrogens with zero attached hydrogens (tertiary/aromatic N) is 2. The smallest absolute Gasteiger partial charge is 0.356 e. The minimum Gasteiger partial charge on any atom is -0.476 e. The molecular formula is C11H18N2O2. The highest BCUT2D eigenvalue weighted by molar-refractivity contribution is 5.85. The first-order valence-corrected chi connectivity index (χ1v) is 5.07. The summed E-state index contributed by atoms with van der Waals surface area (Å²) in [5.41, 5.74) is 0.980. The molecule has 0 amide bonds. The Labute approximate surface area is 89.9 Å². The monoisotopic (exact) mass is 210 g/mol. The number of hydrogen-bond acceptors (Lipinski definition) is 2. The third-order valence-electron chi connectivity index (χ3n) is 2.21. The van der Waals surface area contributed by atoms with Gasteiger partial charge in [0.25, 0.3) is 0 Å². The molecule has 0 unspecified atom stereocenters. The number of carbonyl (C=O) groups is 1. The van der Waals surface area contributed by atoms with E-state index < -0.39 is 5.97 Å². The van der Waals surface area contributed by atoms with Gasteiger partial charge in [-0.2, -0.15) is 5.10 Å². The molecule has 0 bridgehead atoms. The van der Waals surface area contributed by atoms with Crippen LogP contribution < -0.4 is 0 Å². The van der Waals surface area contributed by atoms with E-state index in [1.165, 1.54) is 0 Å². The van der Waals surface area contributed by atoms with E-state index in [9.17, 15) is 4.79 Å². The first kappa shape index (κ1) is 11.8. The number of carboxylic acid groups (broad SMARTS) is 1. The number of aromatic carboxylic acids is 1. The SMILES string of the molecule is CC(C)n1nc(C(=O)O)cc1C(C)(C)C. The summed E-state index contributed by atoms with van der Waals surface area (Å²) < 4.78 is 1.78.